The maximum absolute atomic E-state index is 12.7. The largest absolute Gasteiger partial charge is 0.496 e. The molecule has 0 aliphatic carbocycles. The van der Waals surface area contributed by atoms with Crippen molar-refractivity contribution in [1.29, 1.82) is 0 Å². The summed E-state index contributed by atoms with van der Waals surface area (Å²) in [6.07, 6.45) is 3.13. The van der Waals surface area contributed by atoms with Crippen LogP contribution in [0.1, 0.15) is 50.3 Å². The Hall–Kier alpha value is -2.58. The number of piperidine rings is 1. The number of carbonyl (C=O) groups is 1. The third-order valence-electron chi connectivity index (χ3n) is 6.44. The van der Waals surface area contributed by atoms with E-state index in [1.54, 1.807) is 12.1 Å². The van der Waals surface area contributed by atoms with Crippen molar-refractivity contribution in [3.05, 3.63) is 53.6 Å². The minimum Gasteiger partial charge on any atom is -0.496 e. The molecule has 34 heavy (non-hydrogen) atoms. The van der Waals surface area contributed by atoms with E-state index in [9.17, 15) is 13.2 Å². The van der Waals surface area contributed by atoms with Gasteiger partial charge < -0.3 is 15.0 Å². The highest BCUT2D eigenvalue weighted by atomic mass is 32.2. The highest BCUT2D eigenvalue weighted by Crippen LogP contribution is 2.26. The van der Waals surface area contributed by atoms with Gasteiger partial charge in [-0.3, -0.25) is 4.79 Å². The molecule has 8 heteroatoms. The molecule has 1 aliphatic heterocycles. The molecular formula is C26H37N3O4S. The van der Waals surface area contributed by atoms with Crippen LogP contribution in [0.2, 0.25) is 0 Å². The number of carbonyl (C=O) groups excluding carboxylic acids is 1. The molecule has 2 atom stereocenters. The monoisotopic (exact) mass is 487 g/mol. The molecule has 1 fully saturated rings. The maximum Gasteiger partial charge on any atom is 0.242 e. The summed E-state index contributed by atoms with van der Waals surface area (Å²) in [4.78, 5) is 15.3. The third kappa shape index (κ3) is 6.30. The van der Waals surface area contributed by atoms with Crippen molar-refractivity contribution in [2.24, 2.45) is 5.92 Å². The van der Waals surface area contributed by atoms with Gasteiger partial charge in [-0.1, -0.05) is 19.1 Å². The number of hydrogen-bond donors (Lipinski definition) is 1. The number of nitrogens with one attached hydrogen (secondary N) is 1. The van der Waals surface area contributed by atoms with Crippen LogP contribution in [-0.2, 0) is 21.2 Å². The van der Waals surface area contributed by atoms with Crippen LogP contribution in [0.25, 0.3) is 0 Å². The van der Waals surface area contributed by atoms with Crippen LogP contribution in [0.5, 0.6) is 5.75 Å². The summed E-state index contributed by atoms with van der Waals surface area (Å²) in [6, 6.07) is 13.1. The van der Waals surface area contributed by atoms with E-state index in [-0.39, 0.29) is 23.3 Å². The summed E-state index contributed by atoms with van der Waals surface area (Å²) >= 11 is 0. The SMILES string of the molecule is COc1ccc(S(=O)(=O)N(C)C)cc1CCC(=O)N[C@@H](C)c1ccc(N2CCC[C@H](C)C2)cc1. The Morgan fingerprint density at radius 3 is 2.53 bits per heavy atom. The number of nitrogens with zero attached hydrogens (tertiary/aromatic N) is 2. The second-order valence-electron chi connectivity index (χ2n) is 9.34. The minimum atomic E-state index is -3.56. The highest BCUT2D eigenvalue weighted by Gasteiger charge is 2.20. The number of anilines is 1. The normalized spacial score (nSPS) is 17.5. The number of aryl methyl sites for hydroxylation is 1. The molecule has 0 saturated carbocycles. The van der Waals surface area contributed by atoms with Crippen molar-refractivity contribution in [2.45, 2.75) is 50.5 Å². The quantitative estimate of drug-likeness (QED) is 0.579. The average Bonchev–Trinajstić information content (AvgIpc) is 2.82. The van der Waals surface area contributed by atoms with Gasteiger partial charge in [-0.05, 0) is 73.6 Å². The molecule has 2 aromatic carbocycles. The second-order valence-corrected chi connectivity index (χ2v) is 11.5. The topological polar surface area (TPSA) is 79.0 Å². The van der Waals surface area contributed by atoms with Crippen molar-refractivity contribution in [3.63, 3.8) is 0 Å². The summed E-state index contributed by atoms with van der Waals surface area (Å²) < 4.78 is 31.5. The lowest BCUT2D eigenvalue weighted by molar-refractivity contribution is -0.121. The average molecular weight is 488 g/mol. The first-order valence-corrected chi connectivity index (χ1v) is 13.3. The Balaban J connectivity index is 1.60. The van der Waals surface area contributed by atoms with Gasteiger partial charge in [-0.15, -0.1) is 0 Å². The molecule has 186 valence electrons. The predicted octanol–water partition coefficient (Wildman–Crippen LogP) is 3.99. The van der Waals surface area contributed by atoms with Crippen LogP contribution >= 0.6 is 0 Å². The second kappa shape index (κ2) is 11.2. The summed E-state index contributed by atoms with van der Waals surface area (Å²) in [7, 11) is 0.965. The van der Waals surface area contributed by atoms with E-state index in [1.807, 2.05) is 6.92 Å². The fourth-order valence-corrected chi connectivity index (χ4v) is 5.32. The first-order valence-electron chi connectivity index (χ1n) is 11.9. The van der Waals surface area contributed by atoms with Crippen LogP contribution in [0, 0.1) is 5.92 Å². The summed E-state index contributed by atoms with van der Waals surface area (Å²) in [5.41, 5.74) is 2.97. The van der Waals surface area contributed by atoms with Crippen molar-refractivity contribution in [2.75, 3.05) is 39.2 Å². The number of rotatable bonds is 9. The zero-order chi connectivity index (χ0) is 24.9. The molecule has 1 N–H and O–H groups in total. The van der Waals surface area contributed by atoms with Gasteiger partial charge in [0, 0.05) is 39.3 Å². The number of sulfonamides is 1. The van der Waals surface area contributed by atoms with E-state index < -0.39 is 10.0 Å². The van der Waals surface area contributed by atoms with Crippen molar-refractivity contribution >= 4 is 21.6 Å². The van der Waals surface area contributed by atoms with Gasteiger partial charge in [-0.25, -0.2) is 12.7 Å². The Morgan fingerprint density at radius 1 is 1.21 bits per heavy atom. The minimum absolute atomic E-state index is 0.0932. The molecule has 7 nitrogen and oxygen atoms in total. The van der Waals surface area contributed by atoms with Gasteiger partial charge in [0.05, 0.1) is 18.0 Å². The molecule has 3 rings (SSSR count). The standard InChI is InChI=1S/C26H37N3O4S/c1-19-7-6-16-29(18-19)23-11-8-21(9-12-23)20(2)27-26(30)15-10-22-17-24(13-14-25(22)33-5)34(31,32)28(3)4/h8-9,11-14,17,19-20H,6-7,10,15-16,18H2,1-5H3,(H,27,30)/t19-,20-/m0/s1. The first-order chi connectivity index (χ1) is 16.1. The molecule has 1 heterocycles. The van der Waals surface area contributed by atoms with Crippen molar-refractivity contribution < 1.29 is 17.9 Å². The highest BCUT2D eigenvalue weighted by molar-refractivity contribution is 7.89. The predicted molar refractivity (Wildman–Crippen MR) is 136 cm³/mol. The zero-order valence-electron chi connectivity index (χ0n) is 20.9. The van der Waals surface area contributed by atoms with Crippen LogP contribution < -0.4 is 15.0 Å². The number of methoxy groups -OCH3 is 1. The van der Waals surface area contributed by atoms with E-state index in [0.717, 1.165) is 18.7 Å². The van der Waals surface area contributed by atoms with Crippen LogP contribution in [0.3, 0.4) is 0 Å². The van der Waals surface area contributed by atoms with Crippen molar-refractivity contribution in [1.82, 2.24) is 9.62 Å². The Labute approximate surface area is 204 Å². The number of hydrogen-bond acceptors (Lipinski definition) is 5. The summed E-state index contributed by atoms with van der Waals surface area (Å²) in [5, 5.41) is 3.05. The van der Waals surface area contributed by atoms with Crippen molar-refractivity contribution in [3.8, 4) is 5.75 Å². The summed E-state index contributed by atoms with van der Waals surface area (Å²) in [6.45, 7) is 6.45. The Kier molecular flexibility index (Phi) is 8.60. The first kappa shape index (κ1) is 26.0. The molecule has 1 aliphatic rings. The zero-order valence-corrected chi connectivity index (χ0v) is 21.7. The molecule has 0 radical (unpaired) electrons. The molecule has 2 aromatic rings. The Morgan fingerprint density at radius 2 is 1.91 bits per heavy atom. The fourth-order valence-electron chi connectivity index (χ4n) is 4.36. The van der Waals surface area contributed by atoms with E-state index in [2.05, 4.69) is 41.4 Å². The summed E-state index contributed by atoms with van der Waals surface area (Å²) in [5.74, 6) is 1.19. The van der Waals surface area contributed by atoms with Gasteiger partial charge in [0.2, 0.25) is 15.9 Å². The smallest absolute Gasteiger partial charge is 0.242 e. The maximum atomic E-state index is 12.7. The van der Waals surface area contributed by atoms with Crippen LogP contribution in [0.15, 0.2) is 47.4 Å². The third-order valence-corrected chi connectivity index (χ3v) is 8.26. The molecule has 0 aromatic heterocycles. The molecule has 0 spiro atoms. The van der Waals surface area contributed by atoms with Gasteiger partial charge >= 0.3 is 0 Å². The Bertz CT molecular complexity index is 1080. The van der Waals surface area contributed by atoms with E-state index in [1.165, 1.54) is 50.1 Å². The molecule has 1 amide bonds. The van der Waals surface area contributed by atoms with E-state index in [4.69, 9.17) is 4.74 Å². The number of amides is 1. The van der Waals surface area contributed by atoms with Gasteiger partial charge in [0.15, 0.2) is 0 Å². The van der Waals surface area contributed by atoms with Gasteiger partial charge in [0.1, 0.15) is 5.75 Å². The van der Waals surface area contributed by atoms with E-state index in [0.29, 0.717) is 23.7 Å². The van der Waals surface area contributed by atoms with Crippen LogP contribution in [0.4, 0.5) is 5.69 Å². The lowest BCUT2D eigenvalue weighted by Gasteiger charge is -2.33. The van der Waals surface area contributed by atoms with Crippen LogP contribution in [-0.4, -0.2) is 52.9 Å². The molecular weight excluding hydrogens is 450 g/mol. The molecule has 0 bridgehead atoms. The fraction of sp³-hybridized carbons (Fsp3) is 0.500. The number of ether oxygens (including phenoxy) is 1. The van der Waals surface area contributed by atoms with Gasteiger partial charge in [0.25, 0.3) is 0 Å². The lowest BCUT2D eigenvalue weighted by Crippen LogP contribution is -2.34. The van der Waals surface area contributed by atoms with E-state index >= 15 is 0 Å². The molecule has 0 unspecified atom stereocenters. The number of benzene rings is 2. The molecule has 1 saturated heterocycles. The lowest BCUT2D eigenvalue weighted by atomic mass is 9.99. The van der Waals surface area contributed by atoms with Gasteiger partial charge in [-0.2, -0.15) is 0 Å².